The van der Waals surface area contributed by atoms with E-state index in [4.69, 9.17) is 0 Å². The van der Waals surface area contributed by atoms with E-state index >= 15 is 0 Å². The van der Waals surface area contributed by atoms with Gasteiger partial charge in [0.15, 0.2) is 0 Å². The number of benzene rings is 2. The van der Waals surface area contributed by atoms with Gasteiger partial charge in [-0.05, 0) is 24.6 Å². The van der Waals surface area contributed by atoms with Crippen molar-refractivity contribution in [2.45, 2.75) is 19.5 Å². The lowest BCUT2D eigenvalue weighted by molar-refractivity contribution is -0.136. The van der Waals surface area contributed by atoms with Gasteiger partial charge in [0, 0.05) is 32.7 Å². The molecule has 2 aromatic rings. The van der Waals surface area contributed by atoms with Crippen LogP contribution in [-0.4, -0.2) is 64.6 Å². The summed E-state index contributed by atoms with van der Waals surface area (Å²) in [7, 11) is 0. The standard InChI is InChI=1S/C22H23N3O3/c1-16(25-21(27)18-9-5-6-10-19(18)22(25)28)20(26)24-13-11-23(12-14-24)15-17-7-3-2-4-8-17/h2-10,16H,11-15H2,1H3. The third kappa shape index (κ3) is 3.31. The van der Waals surface area contributed by atoms with Crippen LogP contribution in [0.2, 0.25) is 0 Å². The number of carbonyl (C=O) groups excluding carboxylic acids is 3. The van der Waals surface area contributed by atoms with E-state index < -0.39 is 6.04 Å². The second kappa shape index (κ2) is 7.56. The molecule has 0 aliphatic carbocycles. The maximum Gasteiger partial charge on any atom is 0.262 e. The van der Waals surface area contributed by atoms with Gasteiger partial charge in [0.25, 0.3) is 11.8 Å². The third-order valence-electron chi connectivity index (χ3n) is 5.50. The van der Waals surface area contributed by atoms with E-state index in [1.165, 1.54) is 5.56 Å². The maximum absolute atomic E-state index is 13.0. The zero-order chi connectivity index (χ0) is 19.7. The van der Waals surface area contributed by atoms with Gasteiger partial charge in [-0.2, -0.15) is 0 Å². The summed E-state index contributed by atoms with van der Waals surface area (Å²) in [4.78, 5) is 43.4. The fourth-order valence-corrected chi connectivity index (χ4v) is 3.90. The second-order valence-corrected chi connectivity index (χ2v) is 7.29. The average molecular weight is 377 g/mol. The molecule has 6 heteroatoms. The van der Waals surface area contributed by atoms with Crippen molar-refractivity contribution >= 4 is 17.7 Å². The summed E-state index contributed by atoms with van der Waals surface area (Å²) in [6, 6.07) is 16.2. The van der Waals surface area contributed by atoms with Crippen LogP contribution in [0.1, 0.15) is 33.2 Å². The van der Waals surface area contributed by atoms with Crippen LogP contribution in [-0.2, 0) is 11.3 Å². The smallest absolute Gasteiger partial charge is 0.262 e. The predicted octanol–water partition coefficient (Wildman–Crippen LogP) is 2.02. The second-order valence-electron chi connectivity index (χ2n) is 7.29. The molecule has 0 spiro atoms. The quantitative estimate of drug-likeness (QED) is 0.765. The van der Waals surface area contributed by atoms with Crippen LogP contribution in [0.25, 0.3) is 0 Å². The Kier molecular flexibility index (Phi) is 4.96. The minimum absolute atomic E-state index is 0.172. The van der Waals surface area contributed by atoms with Gasteiger partial charge in [0.1, 0.15) is 6.04 Å². The molecule has 28 heavy (non-hydrogen) atoms. The molecule has 2 aliphatic rings. The summed E-state index contributed by atoms with van der Waals surface area (Å²) in [6.07, 6.45) is 0. The van der Waals surface area contributed by atoms with Crippen molar-refractivity contribution in [2.75, 3.05) is 26.2 Å². The summed E-state index contributed by atoms with van der Waals surface area (Å²) in [6.45, 7) is 5.24. The molecular formula is C22H23N3O3. The highest BCUT2D eigenvalue weighted by molar-refractivity contribution is 6.22. The predicted molar refractivity (Wildman–Crippen MR) is 105 cm³/mol. The van der Waals surface area contributed by atoms with Crippen LogP contribution >= 0.6 is 0 Å². The highest BCUT2D eigenvalue weighted by atomic mass is 16.2. The van der Waals surface area contributed by atoms with Crippen LogP contribution in [0.5, 0.6) is 0 Å². The van der Waals surface area contributed by atoms with E-state index in [2.05, 4.69) is 17.0 Å². The van der Waals surface area contributed by atoms with E-state index in [0.717, 1.165) is 24.5 Å². The Bertz CT molecular complexity index is 869. The number of carbonyl (C=O) groups is 3. The summed E-state index contributed by atoms with van der Waals surface area (Å²) >= 11 is 0. The van der Waals surface area contributed by atoms with Crippen molar-refractivity contribution in [2.24, 2.45) is 0 Å². The molecule has 1 unspecified atom stereocenters. The number of imide groups is 1. The molecule has 3 amide bonds. The van der Waals surface area contributed by atoms with Crippen LogP contribution in [0.3, 0.4) is 0 Å². The fourth-order valence-electron chi connectivity index (χ4n) is 3.90. The molecule has 2 aliphatic heterocycles. The zero-order valence-corrected chi connectivity index (χ0v) is 15.9. The zero-order valence-electron chi connectivity index (χ0n) is 15.9. The molecule has 6 nitrogen and oxygen atoms in total. The highest BCUT2D eigenvalue weighted by Gasteiger charge is 2.42. The first-order valence-corrected chi connectivity index (χ1v) is 9.58. The topological polar surface area (TPSA) is 60.9 Å². The van der Waals surface area contributed by atoms with Gasteiger partial charge < -0.3 is 4.90 Å². The number of fused-ring (bicyclic) bond motifs is 1. The summed E-state index contributed by atoms with van der Waals surface area (Å²) in [5, 5.41) is 0. The number of piperazine rings is 1. The van der Waals surface area contributed by atoms with Gasteiger partial charge in [-0.25, -0.2) is 0 Å². The molecule has 0 saturated carbocycles. The van der Waals surface area contributed by atoms with Crippen LogP contribution < -0.4 is 0 Å². The van der Waals surface area contributed by atoms with E-state index in [-0.39, 0.29) is 17.7 Å². The van der Waals surface area contributed by atoms with E-state index in [1.54, 1.807) is 36.1 Å². The molecule has 0 aromatic heterocycles. The van der Waals surface area contributed by atoms with Gasteiger partial charge in [-0.3, -0.25) is 24.2 Å². The average Bonchev–Trinajstić information content (AvgIpc) is 2.99. The number of nitrogens with zero attached hydrogens (tertiary/aromatic N) is 3. The first-order chi connectivity index (χ1) is 13.6. The normalized spacial score (nSPS) is 18.3. The van der Waals surface area contributed by atoms with Crippen molar-refractivity contribution in [1.29, 1.82) is 0 Å². The largest absolute Gasteiger partial charge is 0.338 e. The summed E-state index contributed by atoms with van der Waals surface area (Å²) in [5.41, 5.74) is 2.00. The Morgan fingerprint density at radius 1 is 0.857 bits per heavy atom. The Labute approximate surface area is 164 Å². The number of hydrogen-bond donors (Lipinski definition) is 0. The monoisotopic (exact) mass is 377 g/mol. The van der Waals surface area contributed by atoms with Crippen LogP contribution in [0, 0.1) is 0 Å². The van der Waals surface area contributed by atoms with Crippen LogP contribution in [0.15, 0.2) is 54.6 Å². The molecular weight excluding hydrogens is 354 g/mol. The molecule has 0 radical (unpaired) electrons. The Morgan fingerprint density at radius 2 is 1.39 bits per heavy atom. The summed E-state index contributed by atoms with van der Waals surface area (Å²) < 4.78 is 0. The lowest BCUT2D eigenvalue weighted by Gasteiger charge is -2.37. The van der Waals surface area contributed by atoms with E-state index in [9.17, 15) is 14.4 Å². The molecule has 2 heterocycles. The van der Waals surface area contributed by atoms with Gasteiger partial charge >= 0.3 is 0 Å². The maximum atomic E-state index is 13.0. The molecule has 144 valence electrons. The molecule has 4 rings (SSSR count). The van der Waals surface area contributed by atoms with Crippen molar-refractivity contribution < 1.29 is 14.4 Å². The molecule has 1 atom stereocenters. The lowest BCUT2D eigenvalue weighted by atomic mass is 10.1. The van der Waals surface area contributed by atoms with E-state index in [0.29, 0.717) is 24.2 Å². The first kappa shape index (κ1) is 18.4. The lowest BCUT2D eigenvalue weighted by Crippen LogP contribution is -2.55. The summed E-state index contributed by atoms with van der Waals surface area (Å²) in [5.74, 6) is -0.942. The number of amides is 3. The highest BCUT2D eigenvalue weighted by Crippen LogP contribution is 2.25. The van der Waals surface area contributed by atoms with Crippen molar-refractivity contribution in [3.63, 3.8) is 0 Å². The van der Waals surface area contributed by atoms with Gasteiger partial charge in [0.05, 0.1) is 11.1 Å². The Hall–Kier alpha value is -2.99. The van der Waals surface area contributed by atoms with E-state index in [1.807, 2.05) is 18.2 Å². The Balaban J connectivity index is 1.38. The molecule has 0 N–H and O–H groups in total. The van der Waals surface area contributed by atoms with Gasteiger partial charge in [-0.1, -0.05) is 42.5 Å². The fraction of sp³-hybridized carbons (Fsp3) is 0.318. The molecule has 1 fully saturated rings. The van der Waals surface area contributed by atoms with Gasteiger partial charge in [0.2, 0.25) is 5.91 Å². The molecule has 0 bridgehead atoms. The first-order valence-electron chi connectivity index (χ1n) is 9.58. The minimum Gasteiger partial charge on any atom is -0.338 e. The van der Waals surface area contributed by atoms with Gasteiger partial charge in [-0.15, -0.1) is 0 Å². The van der Waals surface area contributed by atoms with Crippen LogP contribution in [0.4, 0.5) is 0 Å². The molecule has 1 saturated heterocycles. The number of hydrogen-bond acceptors (Lipinski definition) is 4. The van der Waals surface area contributed by atoms with Crippen molar-refractivity contribution in [1.82, 2.24) is 14.7 Å². The van der Waals surface area contributed by atoms with Crippen molar-refractivity contribution in [3.05, 3.63) is 71.3 Å². The third-order valence-corrected chi connectivity index (χ3v) is 5.50. The SMILES string of the molecule is CC(C(=O)N1CCN(Cc2ccccc2)CC1)N1C(=O)c2ccccc2C1=O. The Morgan fingerprint density at radius 3 is 1.96 bits per heavy atom. The van der Waals surface area contributed by atoms with Crippen molar-refractivity contribution in [3.8, 4) is 0 Å². The molecule has 2 aromatic carbocycles. The number of rotatable bonds is 4. The minimum atomic E-state index is -0.798.